The fraction of sp³-hybridized carbons (Fsp3) is 0.609. The predicted molar refractivity (Wildman–Crippen MR) is 125 cm³/mol. The van der Waals surface area contributed by atoms with Crippen molar-refractivity contribution < 1.29 is 13.7 Å². The van der Waals surface area contributed by atoms with Gasteiger partial charge >= 0.3 is 0 Å². The minimum Gasteiger partial charge on any atom is -0.494 e. The second-order valence-electron chi connectivity index (χ2n) is 8.20. The number of piperidine rings is 1. The standard InChI is InChI=1S/C23H34N4O3S/c1-3-5-19-30-21-8-6-20(7-9-21)26-15-17-27(18-16-26)31(29)23(22(24)28)10-13-25(12-4-2)14-11-23/h2,6-9H,3,5,10-19H2,1H3,(H2,24,28). The van der Waals surface area contributed by atoms with Gasteiger partial charge in [-0.1, -0.05) is 19.3 Å². The fourth-order valence-electron chi connectivity index (χ4n) is 4.16. The molecule has 0 saturated carbocycles. The van der Waals surface area contributed by atoms with Crippen LogP contribution in [0.15, 0.2) is 24.3 Å². The molecule has 0 radical (unpaired) electrons. The molecule has 0 spiro atoms. The maximum Gasteiger partial charge on any atom is 0.237 e. The quantitative estimate of drug-likeness (QED) is 0.461. The van der Waals surface area contributed by atoms with Gasteiger partial charge in [0.25, 0.3) is 0 Å². The number of benzene rings is 1. The van der Waals surface area contributed by atoms with Crippen LogP contribution in [-0.2, 0) is 15.8 Å². The lowest BCUT2D eigenvalue weighted by molar-refractivity contribution is -0.121. The van der Waals surface area contributed by atoms with Gasteiger partial charge < -0.3 is 15.4 Å². The third kappa shape index (κ3) is 5.59. The van der Waals surface area contributed by atoms with Crippen LogP contribution in [0.3, 0.4) is 0 Å². The number of primary amides is 1. The van der Waals surface area contributed by atoms with Gasteiger partial charge in [0, 0.05) is 45.0 Å². The summed E-state index contributed by atoms with van der Waals surface area (Å²) in [5.74, 6) is 3.05. The zero-order valence-corrected chi connectivity index (χ0v) is 19.2. The van der Waals surface area contributed by atoms with E-state index in [1.54, 1.807) is 0 Å². The zero-order chi connectivity index (χ0) is 22.3. The predicted octanol–water partition coefficient (Wildman–Crippen LogP) is 1.60. The molecule has 170 valence electrons. The summed E-state index contributed by atoms with van der Waals surface area (Å²) in [4.78, 5) is 16.7. The van der Waals surface area contributed by atoms with Crippen LogP contribution in [0, 0.1) is 12.3 Å². The number of rotatable bonds is 9. The number of hydrogen-bond acceptors (Lipinski definition) is 5. The third-order valence-electron chi connectivity index (χ3n) is 6.20. The molecule has 1 atom stereocenters. The molecule has 2 heterocycles. The molecule has 2 fully saturated rings. The number of unbranched alkanes of at least 4 members (excludes halogenated alkanes) is 1. The minimum absolute atomic E-state index is 0.465. The lowest BCUT2D eigenvalue weighted by Crippen LogP contribution is -2.60. The first-order valence-electron chi connectivity index (χ1n) is 11.1. The zero-order valence-electron chi connectivity index (χ0n) is 18.4. The number of piperazine rings is 1. The number of nitrogens with two attached hydrogens (primary N) is 1. The molecule has 0 aliphatic carbocycles. The Morgan fingerprint density at radius 1 is 1.16 bits per heavy atom. The molecule has 2 saturated heterocycles. The van der Waals surface area contributed by atoms with E-state index in [2.05, 4.69) is 34.8 Å². The summed E-state index contributed by atoms with van der Waals surface area (Å²) < 4.78 is 20.1. The highest BCUT2D eigenvalue weighted by molar-refractivity contribution is 7.85. The number of amides is 1. The second-order valence-corrected chi connectivity index (χ2v) is 10.00. The Bertz CT molecular complexity index is 792. The summed E-state index contributed by atoms with van der Waals surface area (Å²) >= 11 is 0. The fourth-order valence-corrected chi connectivity index (χ4v) is 5.85. The number of hydrogen-bond donors (Lipinski definition) is 1. The summed E-state index contributed by atoms with van der Waals surface area (Å²) in [5.41, 5.74) is 6.89. The maximum atomic E-state index is 13.4. The van der Waals surface area contributed by atoms with E-state index in [4.69, 9.17) is 16.9 Å². The molecule has 2 aliphatic rings. The van der Waals surface area contributed by atoms with E-state index in [0.29, 0.717) is 45.6 Å². The summed E-state index contributed by atoms with van der Waals surface area (Å²) in [6.45, 7) is 7.48. The number of ether oxygens (including phenoxy) is 1. The molecule has 2 N–H and O–H groups in total. The number of terminal acetylenes is 1. The van der Waals surface area contributed by atoms with Crippen molar-refractivity contribution in [3.8, 4) is 18.1 Å². The molecular formula is C23H34N4O3S. The smallest absolute Gasteiger partial charge is 0.237 e. The van der Waals surface area contributed by atoms with Gasteiger partial charge in [-0.3, -0.25) is 9.69 Å². The van der Waals surface area contributed by atoms with Crippen LogP contribution in [0.1, 0.15) is 32.6 Å². The van der Waals surface area contributed by atoms with E-state index in [9.17, 15) is 9.00 Å². The van der Waals surface area contributed by atoms with E-state index in [0.717, 1.165) is 44.0 Å². The van der Waals surface area contributed by atoms with Crippen molar-refractivity contribution in [2.24, 2.45) is 5.73 Å². The van der Waals surface area contributed by atoms with Crippen molar-refractivity contribution >= 4 is 22.6 Å². The molecule has 7 nitrogen and oxygen atoms in total. The molecule has 0 aromatic heterocycles. The van der Waals surface area contributed by atoms with Gasteiger partial charge in [0.2, 0.25) is 5.91 Å². The Balaban J connectivity index is 1.56. The first kappa shape index (κ1) is 23.6. The van der Waals surface area contributed by atoms with Gasteiger partial charge in [-0.2, -0.15) is 0 Å². The van der Waals surface area contributed by atoms with Gasteiger partial charge in [-0.15, -0.1) is 6.42 Å². The molecule has 1 aromatic carbocycles. The summed E-state index contributed by atoms with van der Waals surface area (Å²) in [6.07, 6.45) is 8.53. The number of carbonyl (C=O) groups excluding carboxylic acids is 1. The van der Waals surface area contributed by atoms with Crippen LogP contribution < -0.4 is 15.4 Å². The molecule has 2 aliphatic heterocycles. The number of nitrogens with zero attached hydrogens (tertiary/aromatic N) is 3. The Morgan fingerprint density at radius 3 is 2.35 bits per heavy atom. The van der Waals surface area contributed by atoms with Crippen molar-refractivity contribution in [1.29, 1.82) is 0 Å². The molecule has 8 heteroatoms. The van der Waals surface area contributed by atoms with Gasteiger partial charge in [0.05, 0.1) is 13.2 Å². The van der Waals surface area contributed by atoms with Gasteiger partial charge in [0.1, 0.15) is 21.5 Å². The van der Waals surface area contributed by atoms with E-state index in [-0.39, 0.29) is 0 Å². The number of anilines is 1. The van der Waals surface area contributed by atoms with Crippen LogP contribution in [0.25, 0.3) is 0 Å². The minimum atomic E-state index is -1.45. The van der Waals surface area contributed by atoms with Crippen LogP contribution in [0.2, 0.25) is 0 Å². The normalized spacial score (nSPS) is 20.7. The summed E-state index contributed by atoms with van der Waals surface area (Å²) in [6, 6.07) is 8.14. The van der Waals surface area contributed by atoms with E-state index in [1.807, 2.05) is 16.4 Å². The average molecular weight is 447 g/mol. The molecule has 3 rings (SSSR count). The van der Waals surface area contributed by atoms with Crippen molar-refractivity contribution in [2.75, 3.05) is 57.3 Å². The third-order valence-corrected chi connectivity index (χ3v) is 8.32. The molecule has 0 bridgehead atoms. The Hall–Kier alpha value is -2.08. The van der Waals surface area contributed by atoms with Gasteiger partial charge in [-0.05, 0) is 43.5 Å². The van der Waals surface area contributed by atoms with Crippen molar-refractivity contribution in [3.63, 3.8) is 0 Å². The lowest BCUT2D eigenvalue weighted by atomic mass is 9.95. The van der Waals surface area contributed by atoms with Crippen molar-refractivity contribution in [1.82, 2.24) is 9.21 Å². The highest BCUT2D eigenvalue weighted by atomic mass is 32.2. The number of carbonyl (C=O) groups is 1. The Labute approximate surface area is 188 Å². The van der Waals surface area contributed by atoms with Gasteiger partial charge in [-0.25, -0.2) is 8.51 Å². The topological polar surface area (TPSA) is 79.1 Å². The second kappa shape index (κ2) is 11.0. The lowest BCUT2D eigenvalue weighted by Gasteiger charge is -2.43. The summed E-state index contributed by atoms with van der Waals surface area (Å²) in [7, 11) is -1.45. The number of likely N-dealkylation sites (tertiary alicyclic amines) is 1. The van der Waals surface area contributed by atoms with Crippen LogP contribution in [0.4, 0.5) is 5.69 Å². The Morgan fingerprint density at radius 2 is 1.81 bits per heavy atom. The molecule has 31 heavy (non-hydrogen) atoms. The van der Waals surface area contributed by atoms with E-state index in [1.165, 1.54) is 0 Å². The van der Waals surface area contributed by atoms with Crippen LogP contribution in [-0.4, -0.2) is 76.5 Å². The largest absolute Gasteiger partial charge is 0.494 e. The average Bonchev–Trinajstić information content (AvgIpc) is 2.80. The van der Waals surface area contributed by atoms with Crippen molar-refractivity contribution in [3.05, 3.63) is 24.3 Å². The van der Waals surface area contributed by atoms with Crippen LogP contribution >= 0.6 is 0 Å². The molecule has 1 amide bonds. The molecule has 1 unspecified atom stereocenters. The first-order chi connectivity index (χ1) is 15.0. The Kier molecular flexibility index (Phi) is 8.35. The van der Waals surface area contributed by atoms with E-state index < -0.39 is 21.6 Å². The van der Waals surface area contributed by atoms with Gasteiger partial charge in [0.15, 0.2) is 0 Å². The highest BCUT2D eigenvalue weighted by Crippen LogP contribution is 2.31. The SMILES string of the molecule is C#CCN1CCC(C(N)=O)(S(=O)N2CCN(c3ccc(OCCCC)cc3)CC2)CC1. The van der Waals surface area contributed by atoms with E-state index >= 15 is 0 Å². The monoisotopic (exact) mass is 446 g/mol. The maximum absolute atomic E-state index is 13.4. The highest BCUT2D eigenvalue weighted by Gasteiger charge is 2.48. The first-order valence-corrected chi connectivity index (χ1v) is 12.2. The molecule has 1 aromatic rings. The van der Waals surface area contributed by atoms with Crippen LogP contribution in [0.5, 0.6) is 5.75 Å². The van der Waals surface area contributed by atoms with Crippen molar-refractivity contribution in [2.45, 2.75) is 37.4 Å². The molecular weight excluding hydrogens is 412 g/mol. The summed E-state index contributed by atoms with van der Waals surface area (Å²) in [5, 5.41) is 0.